The molecule has 0 saturated carbocycles. The van der Waals surface area contributed by atoms with Crippen LogP contribution in [0.15, 0.2) is 41.3 Å². The summed E-state index contributed by atoms with van der Waals surface area (Å²) in [6.45, 7) is -0.808. The van der Waals surface area contributed by atoms with Crippen LogP contribution in [0.3, 0.4) is 0 Å². The van der Waals surface area contributed by atoms with Gasteiger partial charge in [-0.25, -0.2) is 24.3 Å². The van der Waals surface area contributed by atoms with Crippen molar-refractivity contribution in [2.24, 2.45) is 6.98 Å². The number of hydrogen-bond donors (Lipinski definition) is 0. The first kappa shape index (κ1) is 22.1. The smallest absolute Gasteiger partial charge is 0.416 e. The van der Waals surface area contributed by atoms with E-state index in [1.807, 2.05) is 0 Å². The van der Waals surface area contributed by atoms with Crippen LogP contribution in [0.2, 0.25) is 0 Å². The van der Waals surface area contributed by atoms with Crippen molar-refractivity contribution in [2.45, 2.75) is 38.0 Å². The molecular weight excluding hydrogens is 506 g/mol. The Morgan fingerprint density at radius 2 is 1.97 bits per heavy atom. The van der Waals surface area contributed by atoms with E-state index in [1.165, 1.54) is 19.4 Å². The van der Waals surface area contributed by atoms with Crippen LogP contribution in [0, 0.1) is 12.7 Å². The van der Waals surface area contributed by atoms with Crippen molar-refractivity contribution < 1.29 is 31.1 Å². The maximum absolute atomic E-state index is 15.1. The maximum Gasteiger partial charge on any atom is 0.416 e. The highest BCUT2D eigenvalue weighted by Crippen LogP contribution is 2.39. The number of pyridine rings is 1. The number of halogens is 4. The van der Waals surface area contributed by atoms with E-state index in [4.69, 9.17) is 13.6 Å². The van der Waals surface area contributed by atoms with E-state index >= 15 is 4.39 Å². The highest BCUT2D eigenvalue weighted by Gasteiger charge is 2.33. The van der Waals surface area contributed by atoms with Crippen molar-refractivity contribution in [3.05, 3.63) is 75.3 Å². The van der Waals surface area contributed by atoms with Crippen LogP contribution >= 0.6 is 0 Å². The van der Waals surface area contributed by atoms with Crippen LogP contribution in [0.5, 0.6) is 5.88 Å². The minimum atomic E-state index is -4.74. The van der Waals surface area contributed by atoms with Crippen LogP contribution in [-0.2, 0) is 17.9 Å². The number of aromatic nitrogens is 5. The van der Waals surface area contributed by atoms with Gasteiger partial charge in [-0.3, -0.25) is 4.79 Å². The molecule has 0 bridgehead atoms. The summed E-state index contributed by atoms with van der Waals surface area (Å²) in [7, 11) is 1.37. The number of rotatable bonds is 4. The molecule has 0 amide bonds. The number of fused-ring (bicyclic) bond motifs is 1. The monoisotopic (exact) mass is 532 g/mol. The number of hydrogen-bond acceptors (Lipinski definition) is 7. The van der Waals surface area contributed by atoms with Crippen LogP contribution < -0.4 is 10.3 Å². The molecule has 198 valence electrons. The predicted octanol–water partition coefficient (Wildman–Crippen LogP) is 4.90. The third kappa shape index (κ3) is 4.83. The van der Waals surface area contributed by atoms with Gasteiger partial charge in [0.1, 0.15) is 28.5 Å². The van der Waals surface area contributed by atoms with E-state index in [2.05, 4.69) is 19.9 Å². The Morgan fingerprint density at radius 3 is 2.68 bits per heavy atom. The van der Waals surface area contributed by atoms with Crippen LogP contribution in [0.25, 0.3) is 22.4 Å². The first-order valence-corrected chi connectivity index (χ1v) is 11.6. The lowest BCUT2D eigenvalue weighted by Crippen LogP contribution is -2.23. The Balaban J connectivity index is 1.60. The molecule has 0 aliphatic carbocycles. The number of benzene rings is 1. The van der Waals surface area contributed by atoms with E-state index in [1.54, 1.807) is 6.92 Å². The Bertz CT molecular complexity index is 1690. The molecule has 0 N–H and O–H groups in total. The third-order valence-electron chi connectivity index (χ3n) is 6.38. The van der Waals surface area contributed by atoms with Gasteiger partial charge in [0.05, 0.1) is 18.8 Å². The molecule has 12 heteroatoms. The Kier molecular flexibility index (Phi) is 5.67. The Hall–Kier alpha value is -3.93. The van der Waals surface area contributed by atoms with E-state index < -0.39 is 36.2 Å². The number of alkyl halides is 3. The zero-order valence-corrected chi connectivity index (χ0v) is 20.2. The zero-order valence-electron chi connectivity index (χ0n) is 23.2. The first-order chi connectivity index (χ1) is 19.3. The Morgan fingerprint density at radius 1 is 1.16 bits per heavy atom. The fraction of sp³-hybridized carbons (Fsp3) is 0.346. The van der Waals surface area contributed by atoms with Gasteiger partial charge >= 0.3 is 6.18 Å². The van der Waals surface area contributed by atoms with Gasteiger partial charge in [0.2, 0.25) is 11.4 Å². The molecule has 1 saturated heterocycles. The lowest BCUT2D eigenvalue weighted by molar-refractivity contribution is -0.137. The van der Waals surface area contributed by atoms with Gasteiger partial charge < -0.3 is 14.0 Å². The van der Waals surface area contributed by atoms with Crippen LogP contribution in [-0.4, -0.2) is 38.2 Å². The second-order valence-electron chi connectivity index (χ2n) is 8.86. The fourth-order valence-corrected chi connectivity index (χ4v) is 4.43. The minimum Gasteiger partial charge on any atom is -0.480 e. The van der Waals surface area contributed by atoms with Gasteiger partial charge in [0, 0.05) is 41.4 Å². The highest BCUT2D eigenvalue weighted by molar-refractivity contribution is 5.87. The topological polar surface area (TPSA) is 92.0 Å². The standard InChI is InChI=1S/C26H23F4N5O3/c1-13-25(37-3)33-22-21(17-6-5-16(11-18(17)27)26(28,29)30)32-23(34-24(22)31-13)14-8-9-38-19(10-14)15-4-7-20(36)35(2)12-15/h4-7,11-12,14,19H,8-10H2,1-3H3/t14-,19+/m0/s1/i2D3. The van der Waals surface area contributed by atoms with Crippen molar-refractivity contribution in [1.82, 2.24) is 24.5 Å². The molecule has 4 heterocycles. The molecule has 3 aromatic heterocycles. The molecule has 38 heavy (non-hydrogen) atoms. The SMILES string of the molecule is [2H]C([2H])([2H])n1cc([C@H]2C[C@@H](c3nc(-c4ccc(C(F)(F)F)cc4F)c4nc(OC)c(C)nc4n3)CCO2)ccc1=O. The number of ether oxygens (including phenoxy) is 2. The predicted molar refractivity (Wildman–Crippen MR) is 129 cm³/mol. The second-order valence-corrected chi connectivity index (χ2v) is 8.86. The van der Waals surface area contributed by atoms with Crippen LogP contribution in [0.1, 0.15) is 51.6 Å². The van der Waals surface area contributed by atoms with Gasteiger partial charge in [-0.15, -0.1) is 0 Å². The molecule has 8 nitrogen and oxygen atoms in total. The molecule has 1 aromatic carbocycles. The lowest BCUT2D eigenvalue weighted by atomic mass is 9.91. The average molecular weight is 533 g/mol. The molecule has 0 radical (unpaired) electrons. The third-order valence-corrected chi connectivity index (χ3v) is 6.38. The zero-order chi connectivity index (χ0) is 29.7. The van der Waals surface area contributed by atoms with E-state index in [0.717, 1.165) is 18.2 Å². The summed E-state index contributed by atoms with van der Waals surface area (Å²) in [5.74, 6) is -1.17. The first-order valence-electron chi connectivity index (χ1n) is 13.1. The average Bonchev–Trinajstić information content (AvgIpc) is 2.91. The van der Waals surface area contributed by atoms with E-state index in [-0.39, 0.29) is 53.1 Å². The summed E-state index contributed by atoms with van der Waals surface area (Å²) < 4.78 is 89.3. The van der Waals surface area contributed by atoms with Crippen molar-refractivity contribution in [3.63, 3.8) is 0 Å². The molecular formula is C26H23F4N5O3. The molecule has 2 atom stereocenters. The molecule has 0 spiro atoms. The minimum absolute atomic E-state index is 0.0446. The molecule has 1 aliphatic heterocycles. The highest BCUT2D eigenvalue weighted by atomic mass is 19.4. The van der Waals surface area contributed by atoms with Crippen molar-refractivity contribution >= 4 is 11.2 Å². The van der Waals surface area contributed by atoms with E-state index in [9.17, 15) is 18.0 Å². The largest absolute Gasteiger partial charge is 0.480 e. The maximum atomic E-state index is 15.1. The van der Waals surface area contributed by atoms with Crippen LogP contribution in [0.4, 0.5) is 17.6 Å². The van der Waals surface area contributed by atoms with Gasteiger partial charge in [0.25, 0.3) is 0 Å². The number of methoxy groups -OCH3 is 1. The van der Waals surface area contributed by atoms with Gasteiger partial charge in [-0.1, -0.05) is 0 Å². The normalized spacial score (nSPS) is 19.6. The molecule has 1 aliphatic rings. The van der Waals surface area contributed by atoms with Crippen molar-refractivity contribution in [1.29, 1.82) is 0 Å². The summed E-state index contributed by atoms with van der Waals surface area (Å²) in [6, 6.07) is 4.78. The van der Waals surface area contributed by atoms with E-state index in [0.29, 0.717) is 28.3 Å². The summed E-state index contributed by atoms with van der Waals surface area (Å²) in [5.41, 5.74) is -1.12. The molecule has 5 rings (SSSR count). The van der Waals surface area contributed by atoms with Gasteiger partial charge in [-0.05, 0) is 49.6 Å². The van der Waals surface area contributed by atoms with Crippen molar-refractivity contribution in [3.8, 4) is 17.1 Å². The van der Waals surface area contributed by atoms with Gasteiger partial charge in [0.15, 0.2) is 5.65 Å². The Labute approximate surface area is 218 Å². The lowest BCUT2D eigenvalue weighted by Gasteiger charge is -2.29. The molecule has 1 fully saturated rings. The quantitative estimate of drug-likeness (QED) is 0.346. The molecule has 4 aromatic rings. The fourth-order valence-electron chi connectivity index (χ4n) is 4.43. The summed E-state index contributed by atoms with van der Waals surface area (Å²) in [6.07, 6.45) is -3.40. The summed E-state index contributed by atoms with van der Waals surface area (Å²) in [4.78, 5) is 30.0. The molecule has 0 unspecified atom stereocenters. The van der Waals surface area contributed by atoms with Crippen molar-refractivity contribution in [2.75, 3.05) is 13.7 Å². The summed E-state index contributed by atoms with van der Waals surface area (Å²) in [5, 5.41) is 0. The van der Waals surface area contributed by atoms with Gasteiger partial charge in [-0.2, -0.15) is 13.2 Å². The number of nitrogens with zero attached hydrogens (tertiary/aromatic N) is 5. The summed E-state index contributed by atoms with van der Waals surface area (Å²) >= 11 is 0. The number of aryl methyl sites for hydroxylation is 2. The second kappa shape index (κ2) is 9.75.